The van der Waals surface area contributed by atoms with Crippen LogP contribution in [0.4, 0.5) is 0 Å². The van der Waals surface area contributed by atoms with E-state index in [4.69, 9.17) is 21.7 Å². The molecule has 2 unspecified atom stereocenters. The van der Waals surface area contributed by atoms with Gasteiger partial charge in [0.2, 0.25) is 0 Å². The van der Waals surface area contributed by atoms with Crippen LogP contribution in [0.15, 0.2) is 60.7 Å². The first-order valence-corrected chi connectivity index (χ1v) is 8.44. The molecule has 2 aromatic carbocycles. The molecule has 154 valence electrons. The summed E-state index contributed by atoms with van der Waals surface area (Å²) in [5.74, 6) is -2.48. The third-order valence-electron chi connectivity index (χ3n) is 3.67. The topological polar surface area (TPSA) is 167 Å². The summed E-state index contributed by atoms with van der Waals surface area (Å²) in [6, 6.07) is 16.6. The van der Waals surface area contributed by atoms with Gasteiger partial charge in [0.15, 0.2) is 11.2 Å². The first-order valence-electron chi connectivity index (χ1n) is 8.44. The highest BCUT2D eigenvalue weighted by atomic mass is 16.4. The third kappa shape index (κ3) is 7.85. The van der Waals surface area contributed by atoms with Gasteiger partial charge in [0.25, 0.3) is 0 Å². The van der Waals surface area contributed by atoms with E-state index in [0.29, 0.717) is 24.2 Å². The van der Waals surface area contributed by atoms with Crippen LogP contribution < -0.4 is 11.5 Å². The summed E-state index contributed by atoms with van der Waals surface area (Å²) in [6.45, 7) is 3.70. The Labute approximate surface area is 164 Å². The van der Waals surface area contributed by atoms with Crippen molar-refractivity contribution in [3.05, 3.63) is 71.8 Å². The number of nitrogens with two attached hydrogens (primary N) is 2. The largest absolute Gasteiger partial charge is 0.479 e. The van der Waals surface area contributed by atoms with Gasteiger partial charge in [-0.15, -0.1) is 0 Å². The summed E-state index contributed by atoms with van der Waals surface area (Å²) in [5, 5.41) is 36.2. The number of rotatable bonds is 5. The molecule has 8 nitrogen and oxygen atoms in total. The number of carboxylic acid groups (broad SMARTS) is 2. The van der Waals surface area contributed by atoms with E-state index in [1.54, 1.807) is 60.7 Å². The molecular weight excluding hydrogens is 364 g/mol. The van der Waals surface area contributed by atoms with Crippen molar-refractivity contribution >= 4 is 11.9 Å². The molecule has 0 aliphatic rings. The van der Waals surface area contributed by atoms with Crippen molar-refractivity contribution < 1.29 is 30.0 Å². The van der Waals surface area contributed by atoms with Crippen LogP contribution in [0.2, 0.25) is 0 Å². The van der Waals surface area contributed by atoms with Crippen LogP contribution in [0, 0.1) is 0 Å². The van der Waals surface area contributed by atoms with Crippen molar-refractivity contribution in [1.82, 2.24) is 0 Å². The van der Waals surface area contributed by atoms with Crippen molar-refractivity contribution in [1.29, 1.82) is 0 Å². The molecule has 0 saturated heterocycles. The zero-order valence-electron chi connectivity index (χ0n) is 15.9. The van der Waals surface area contributed by atoms with Crippen molar-refractivity contribution in [2.24, 2.45) is 11.5 Å². The average Bonchev–Trinajstić information content (AvgIpc) is 2.69. The lowest BCUT2D eigenvalue weighted by Crippen LogP contribution is -2.31. The van der Waals surface area contributed by atoms with Crippen molar-refractivity contribution in [3.63, 3.8) is 0 Å². The molecule has 2 aromatic rings. The van der Waals surface area contributed by atoms with Crippen LogP contribution in [0.3, 0.4) is 0 Å². The standard InChI is InChI=1S/2C9H10O3.C2H8N2/c2*1-9(12,8(10)11)7-5-3-2-4-6-7;3-1-2-4/h2*2-6,12H,1H3,(H,10,11);1-4H2. The highest BCUT2D eigenvalue weighted by Gasteiger charge is 2.32. The van der Waals surface area contributed by atoms with Gasteiger partial charge in [-0.25, -0.2) is 9.59 Å². The molecule has 2 rings (SSSR count). The zero-order valence-corrected chi connectivity index (χ0v) is 15.9. The molecule has 0 radical (unpaired) electrons. The molecule has 2 atom stereocenters. The molecule has 0 spiro atoms. The number of hydrogen-bond donors (Lipinski definition) is 6. The normalized spacial score (nSPS) is 14.1. The second kappa shape index (κ2) is 11.8. The Morgan fingerprint density at radius 3 is 1.14 bits per heavy atom. The molecule has 28 heavy (non-hydrogen) atoms. The Morgan fingerprint density at radius 1 is 0.714 bits per heavy atom. The first kappa shape index (κ1) is 25.2. The van der Waals surface area contributed by atoms with Gasteiger partial charge < -0.3 is 31.9 Å². The maximum absolute atomic E-state index is 10.6. The van der Waals surface area contributed by atoms with Gasteiger partial charge in [-0.2, -0.15) is 0 Å². The zero-order chi connectivity index (χ0) is 21.8. The monoisotopic (exact) mass is 392 g/mol. The van der Waals surface area contributed by atoms with E-state index in [1.807, 2.05) is 0 Å². The van der Waals surface area contributed by atoms with E-state index in [9.17, 15) is 19.8 Å². The van der Waals surface area contributed by atoms with Crippen molar-refractivity contribution in [2.75, 3.05) is 13.1 Å². The number of aliphatic hydroxyl groups is 2. The lowest BCUT2D eigenvalue weighted by molar-refractivity contribution is -0.158. The maximum atomic E-state index is 10.6. The smallest absolute Gasteiger partial charge is 0.340 e. The molecule has 0 amide bonds. The van der Waals surface area contributed by atoms with Gasteiger partial charge in [-0.3, -0.25) is 0 Å². The van der Waals surface area contributed by atoms with Crippen LogP contribution in [-0.2, 0) is 20.8 Å². The lowest BCUT2D eigenvalue weighted by Gasteiger charge is -2.17. The van der Waals surface area contributed by atoms with E-state index < -0.39 is 23.1 Å². The van der Waals surface area contributed by atoms with Gasteiger partial charge in [0, 0.05) is 13.1 Å². The molecule has 0 aliphatic heterocycles. The molecule has 8 N–H and O–H groups in total. The van der Waals surface area contributed by atoms with Gasteiger partial charge in [-0.1, -0.05) is 60.7 Å². The second-order valence-corrected chi connectivity index (χ2v) is 6.06. The molecule has 0 saturated carbocycles. The second-order valence-electron chi connectivity index (χ2n) is 6.06. The average molecular weight is 392 g/mol. The summed E-state index contributed by atoms with van der Waals surface area (Å²) in [6.07, 6.45) is 0. The predicted octanol–water partition coefficient (Wildman–Crippen LogP) is 0.861. The molecular formula is C20H28N2O6. The van der Waals surface area contributed by atoms with Crippen molar-refractivity contribution in [2.45, 2.75) is 25.0 Å². The number of hydrogen-bond acceptors (Lipinski definition) is 6. The Kier molecular flexibility index (Phi) is 10.7. The fraction of sp³-hybridized carbons (Fsp3) is 0.300. The van der Waals surface area contributed by atoms with Crippen LogP contribution >= 0.6 is 0 Å². The summed E-state index contributed by atoms with van der Waals surface area (Å²) in [4.78, 5) is 21.1. The highest BCUT2D eigenvalue weighted by molar-refractivity contribution is 5.78. The minimum absolute atomic E-state index is 0.387. The highest BCUT2D eigenvalue weighted by Crippen LogP contribution is 2.20. The quantitative estimate of drug-likeness (QED) is 0.435. The van der Waals surface area contributed by atoms with Gasteiger partial charge in [-0.05, 0) is 25.0 Å². The van der Waals surface area contributed by atoms with Gasteiger partial charge >= 0.3 is 11.9 Å². The third-order valence-corrected chi connectivity index (χ3v) is 3.67. The van der Waals surface area contributed by atoms with E-state index in [1.165, 1.54) is 13.8 Å². The number of carbonyl (C=O) groups is 2. The van der Waals surface area contributed by atoms with Crippen LogP contribution in [0.25, 0.3) is 0 Å². The number of benzene rings is 2. The fourth-order valence-corrected chi connectivity index (χ4v) is 1.77. The predicted molar refractivity (Wildman–Crippen MR) is 105 cm³/mol. The van der Waals surface area contributed by atoms with Gasteiger partial charge in [0.05, 0.1) is 0 Å². The van der Waals surface area contributed by atoms with Crippen LogP contribution in [0.5, 0.6) is 0 Å². The van der Waals surface area contributed by atoms with Gasteiger partial charge in [0.1, 0.15) is 0 Å². The number of carboxylic acids is 2. The summed E-state index contributed by atoms with van der Waals surface area (Å²) in [7, 11) is 0. The Balaban J connectivity index is 0.000000439. The first-order chi connectivity index (χ1) is 13.0. The number of aliphatic carboxylic acids is 2. The molecule has 0 bridgehead atoms. The van der Waals surface area contributed by atoms with E-state index in [2.05, 4.69) is 0 Å². The molecule has 0 aromatic heterocycles. The Hall–Kier alpha value is -2.78. The Bertz CT molecular complexity index is 654. The van der Waals surface area contributed by atoms with Crippen molar-refractivity contribution in [3.8, 4) is 0 Å². The molecule has 8 heteroatoms. The van der Waals surface area contributed by atoms with Crippen LogP contribution in [-0.4, -0.2) is 45.5 Å². The maximum Gasteiger partial charge on any atom is 0.340 e. The molecule has 0 heterocycles. The summed E-state index contributed by atoms with van der Waals surface area (Å²) in [5.41, 5.74) is 7.00. The van der Waals surface area contributed by atoms with Crippen LogP contribution in [0.1, 0.15) is 25.0 Å². The minimum atomic E-state index is -1.79. The van der Waals surface area contributed by atoms with E-state index in [0.717, 1.165) is 0 Å². The summed E-state index contributed by atoms with van der Waals surface area (Å²) >= 11 is 0. The minimum Gasteiger partial charge on any atom is -0.479 e. The Morgan fingerprint density at radius 2 is 0.964 bits per heavy atom. The SMILES string of the molecule is CC(O)(C(=O)O)c1ccccc1.CC(O)(C(=O)O)c1ccccc1.NCCN. The summed E-state index contributed by atoms with van der Waals surface area (Å²) < 4.78 is 0. The van der Waals surface area contributed by atoms with E-state index >= 15 is 0 Å². The molecule has 0 fully saturated rings. The van der Waals surface area contributed by atoms with E-state index in [-0.39, 0.29) is 0 Å². The molecule has 0 aliphatic carbocycles. The lowest BCUT2D eigenvalue weighted by atomic mass is 9.97. The fourth-order valence-electron chi connectivity index (χ4n) is 1.77.